The van der Waals surface area contributed by atoms with E-state index in [1.54, 1.807) is 14.2 Å². The number of hydrogen-bond donors (Lipinski definition) is 1. The number of fused-ring (bicyclic) bond motifs is 2. The van der Waals surface area contributed by atoms with Crippen molar-refractivity contribution in [2.75, 3.05) is 20.8 Å². The van der Waals surface area contributed by atoms with E-state index in [4.69, 9.17) is 19.2 Å². The molecular weight excluding hydrogens is 484 g/mol. The van der Waals surface area contributed by atoms with Crippen molar-refractivity contribution in [1.82, 2.24) is 4.98 Å². The molecule has 0 amide bonds. The maximum atomic E-state index is 6.60. The van der Waals surface area contributed by atoms with Crippen molar-refractivity contribution in [2.24, 2.45) is 4.99 Å². The van der Waals surface area contributed by atoms with Crippen LogP contribution in [0.2, 0.25) is 0 Å². The first-order valence-electron chi connectivity index (χ1n) is 13.1. The van der Waals surface area contributed by atoms with Crippen LogP contribution in [-0.2, 0) is 6.42 Å². The second-order valence-corrected chi connectivity index (χ2v) is 9.48. The Labute approximate surface area is 228 Å². The number of para-hydroxylation sites is 2. The molecule has 5 nitrogen and oxygen atoms in total. The molecule has 2 heterocycles. The summed E-state index contributed by atoms with van der Waals surface area (Å²) in [5, 5.41) is 1.25. The summed E-state index contributed by atoms with van der Waals surface area (Å²) < 4.78 is 17.7. The number of methoxy groups -OCH3 is 2. The van der Waals surface area contributed by atoms with Crippen LogP contribution in [-0.4, -0.2) is 32.0 Å². The minimum atomic E-state index is -0.0314. The second kappa shape index (κ2) is 10.9. The van der Waals surface area contributed by atoms with Gasteiger partial charge >= 0.3 is 0 Å². The number of aromatic amines is 1. The molecule has 0 unspecified atom stereocenters. The van der Waals surface area contributed by atoms with Gasteiger partial charge in [0.2, 0.25) is 0 Å². The van der Waals surface area contributed by atoms with Gasteiger partial charge in [0.1, 0.15) is 11.5 Å². The summed E-state index contributed by atoms with van der Waals surface area (Å²) in [6.45, 7) is 0.660. The van der Waals surface area contributed by atoms with Gasteiger partial charge in [-0.2, -0.15) is 0 Å². The molecule has 39 heavy (non-hydrogen) atoms. The fraction of sp³-hybridized carbons (Fsp3) is 0.147. The molecule has 5 heteroatoms. The van der Waals surface area contributed by atoms with Gasteiger partial charge in [-0.05, 0) is 47.9 Å². The molecule has 6 rings (SSSR count). The van der Waals surface area contributed by atoms with Gasteiger partial charge in [-0.25, -0.2) is 0 Å². The third-order valence-corrected chi connectivity index (χ3v) is 7.21. The molecule has 1 atom stereocenters. The van der Waals surface area contributed by atoms with E-state index in [1.807, 2.05) is 48.7 Å². The van der Waals surface area contributed by atoms with Crippen molar-refractivity contribution in [3.63, 3.8) is 0 Å². The molecule has 0 saturated carbocycles. The highest BCUT2D eigenvalue weighted by Gasteiger charge is 2.31. The van der Waals surface area contributed by atoms with Crippen molar-refractivity contribution in [3.8, 4) is 17.2 Å². The van der Waals surface area contributed by atoms with Crippen LogP contribution >= 0.6 is 0 Å². The summed E-state index contributed by atoms with van der Waals surface area (Å²) in [5.74, 6) is 2.89. The lowest BCUT2D eigenvalue weighted by atomic mass is 9.81. The van der Waals surface area contributed by atoms with Crippen LogP contribution in [0.1, 0.15) is 28.2 Å². The quantitative estimate of drug-likeness (QED) is 0.219. The average Bonchev–Trinajstić information content (AvgIpc) is 3.41. The van der Waals surface area contributed by atoms with Crippen molar-refractivity contribution in [3.05, 3.63) is 131 Å². The molecule has 1 aliphatic rings. The minimum Gasteiger partial charge on any atom is -0.493 e. The Hall–Kier alpha value is -4.77. The zero-order chi connectivity index (χ0) is 26.6. The average molecular weight is 515 g/mol. The van der Waals surface area contributed by atoms with Crippen molar-refractivity contribution in [2.45, 2.75) is 12.3 Å². The van der Waals surface area contributed by atoms with Crippen LogP contribution in [0.4, 0.5) is 0 Å². The number of hydrogen-bond acceptors (Lipinski definition) is 4. The highest BCUT2D eigenvalue weighted by atomic mass is 16.5. The van der Waals surface area contributed by atoms with Crippen molar-refractivity contribution in [1.29, 1.82) is 0 Å². The summed E-state index contributed by atoms with van der Waals surface area (Å²) in [7, 11) is 3.29. The maximum absolute atomic E-state index is 6.60. The van der Waals surface area contributed by atoms with E-state index < -0.39 is 0 Å². The van der Waals surface area contributed by atoms with Crippen LogP contribution in [0.3, 0.4) is 0 Å². The molecule has 0 saturated heterocycles. The first kappa shape index (κ1) is 24.6. The smallest absolute Gasteiger partial charge is 0.161 e. The third kappa shape index (κ3) is 4.79. The van der Waals surface area contributed by atoms with Gasteiger partial charge in [0, 0.05) is 52.5 Å². The van der Waals surface area contributed by atoms with E-state index in [-0.39, 0.29) is 5.92 Å². The summed E-state index contributed by atoms with van der Waals surface area (Å²) in [5.41, 5.74) is 6.63. The Bertz CT molecular complexity index is 1670. The number of rotatable bonds is 8. The molecule has 1 N–H and O–H groups in total. The van der Waals surface area contributed by atoms with E-state index in [2.05, 4.69) is 65.8 Å². The molecule has 0 aliphatic carbocycles. The second-order valence-electron chi connectivity index (χ2n) is 9.48. The fourth-order valence-electron chi connectivity index (χ4n) is 5.31. The van der Waals surface area contributed by atoms with E-state index in [1.165, 1.54) is 16.5 Å². The Morgan fingerprint density at radius 1 is 0.846 bits per heavy atom. The van der Waals surface area contributed by atoms with Gasteiger partial charge in [-0.3, -0.25) is 4.99 Å². The van der Waals surface area contributed by atoms with Gasteiger partial charge < -0.3 is 19.2 Å². The monoisotopic (exact) mass is 514 g/mol. The van der Waals surface area contributed by atoms with E-state index in [9.17, 15) is 0 Å². The molecule has 0 radical (unpaired) electrons. The van der Waals surface area contributed by atoms with Crippen molar-refractivity contribution < 1.29 is 14.2 Å². The van der Waals surface area contributed by atoms with Gasteiger partial charge in [-0.15, -0.1) is 0 Å². The lowest BCUT2D eigenvalue weighted by Crippen LogP contribution is -2.17. The van der Waals surface area contributed by atoms with E-state index in [0.717, 1.165) is 40.1 Å². The molecule has 5 aromatic rings. The zero-order valence-corrected chi connectivity index (χ0v) is 22.1. The summed E-state index contributed by atoms with van der Waals surface area (Å²) in [6, 6.07) is 33.0. The first-order chi connectivity index (χ1) is 19.3. The zero-order valence-electron chi connectivity index (χ0n) is 22.1. The van der Waals surface area contributed by atoms with Gasteiger partial charge in [0.15, 0.2) is 11.5 Å². The Balaban J connectivity index is 1.43. The Morgan fingerprint density at radius 2 is 1.62 bits per heavy atom. The number of nitrogens with zero attached hydrogens (tertiary/aromatic N) is 1. The normalized spacial score (nSPS) is 14.9. The van der Waals surface area contributed by atoms with E-state index in [0.29, 0.717) is 18.0 Å². The van der Waals surface area contributed by atoms with Crippen LogP contribution in [0.15, 0.2) is 114 Å². The minimum absolute atomic E-state index is 0.0314. The Kier molecular flexibility index (Phi) is 6.88. The summed E-state index contributed by atoms with van der Waals surface area (Å²) in [4.78, 5) is 8.31. The molecule has 0 bridgehead atoms. The predicted molar refractivity (Wildman–Crippen MR) is 157 cm³/mol. The standard InChI is InChI=1S/C34H30N2O3/c1-37-31-17-16-24(20-32(31)38-2)34-28(22-35-19-18-25-21-36-29-14-8-6-12-26(25)29)33(23-10-4-3-5-11-23)27-13-7-9-15-30(27)39-34/h3-17,20-22,33,36H,18-19H2,1-2H3/t33-/m0/s1. The molecule has 1 aromatic heterocycles. The third-order valence-electron chi connectivity index (χ3n) is 7.21. The lowest BCUT2D eigenvalue weighted by molar-refractivity contribution is 0.354. The highest BCUT2D eigenvalue weighted by molar-refractivity contribution is 5.94. The first-order valence-corrected chi connectivity index (χ1v) is 13.1. The lowest BCUT2D eigenvalue weighted by Gasteiger charge is -2.30. The van der Waals surface area contributed by atoms with Crippen LogP contribution in [0.5, 0.6) is 17.2 Å². The number of H-pyrrole nitrogens is 1. The Morgan fingerprint density at radius 3 is 2.46 bits per heavy atom. The molecular formula is C34H30N2O3. The van der Waals surface area contributed by atoms with Crippen LogP contribution < -0.4 is 14.2 Å². The molecule has 194 valence electrons. The fourth-order valence-corrected chi connectivity index (χ4v) is 5.31. The van der Waals surface area contributed by atoms with Crippen molar-refractivity contribution >= 4 is 22.9 Å². The summed E-state index contributed by atoms with van der Waals surface area (Å²) >= 11 is 0. The number of benzene rings is 4. The molecule has 1 aliphatic heterocycles. The number of ether oxygens (including phenoxy) is 3. The topological polar surface area (TPSA) is 55.8 Å². The van der Waals surface area contributed by atoms with Crippen LogP contribution in [0.25, 0.3) is 16.7 Å². The van der Waals surface area contributed by atoms with E-state index >= 15 is 0 Å². The van der Waals surface area contributed by atoms with Gasteiger partial charge in [0.25, 0.3) is 0 Å². The SMILES string of the molecule is COc1ccc(C2=C(C=NCCc3c[nH]c4ccccc34)[C@@H](c3ccccc3)c3ccccc3O2)cc1OC. The molecule has 4 aromatic carbocycles. The molecule has 0 spiro atoms. The number of allylic oxidation sites excluding steroid dienone is 1. The highest BCUT2D eigenvalue weighted by Crippen LogP contribution is 2.45. The largest absolute Gasteiger partial charge is 0.493 e. The van der Waals surface area contributed by atoms with Crippen LogP contribution in [0, 0.1) is 0 Å². The predicted octanol–water partition coefficient (Wildman–Crippen LogP) is 7.43. The summed E-state index contributed by atoms with van der Waals surface area (Å²) in [6.07, 6.45) is 4.92. The van der Waals surface area contributed by atoms with Gasteiger partial charge in [0.05, 0.1) is 14.2 Å². The molecule has 0 fully saturated rings. The maximum Gasteiger partial charge on any atom is 0.161 e. The number of nitrogens with one attached hydrogen (secondary N) is 1. The number of aromatic nitrogens is 1. The number of aliphatic imine (C=N–C) groups is 1. The van der Waals surface area contributed by atoms with Gasteiger partial charge in [-0.1, -0.05) is 66.7 Å².